The monoisotopic (exact) mass is 371 g/mol. The molecule has 0 spiro atoms. The third kappa shape index (κ3) is 3.17. The first-order valence-corrected chi connectivity index (χ1v) is 8.67. The summed E-state index contributed by atoms with van der Waals surface area (Å²) in [6.07, 6.45) is 6.22. The smallest absolute Gasteiger partial charge is 0.272 e. The Hall–Kier alpha value is -2.47. The molecule has 0 saturated carbocycles. The summed E-state index contributed by atoms with van der Waals surface area (Å²) in [6.45, 7) is 5.73. The third-order valence-corrected chi connectivity index (χ3v) is 4.76. The molecule has 1 fully saturated rings. The van der Waals surface area contributed by atoms with Crippen LogP contribution in [0.15, 0.2) is 42.9 Å². The number of likely N-dealkylation sites (tertiary alicyclic amines) is 1. The van der Waals surface area contributed by atoms with Crippen LogP contribution in [0.4, 0.5) is 0 Å². The highest BCUT2D eigenvalue weighted by Gasteiger charge is 2.32. The first-order valence-electron chi connectivity index (χ1n) is 8.67. The molecule has 1 unspecified atom stereocenters. The van der Waals surface area contributed by atoms with Gasteiger partial charge in [-0.2, -0.15) is 0 Å². The standard InChI is InChI=1S/C19H21N5O.ClH/c1-13(2)24-17-11-20-9-6-15(17)22-18(24)14-7-10-23(12-14)19(25)16-5-3-4-8-21-16;/h3-6,8-9,11,13-14H,7,10,12H2,1-2H3;1H. The van der Waals surface area contributed by atoms with E-state index < -0.39 is 0 Å². The molecule has 3 aromatic heterocycles. The number of halogens is 1. The van der Waals surface area contributed by atoms with E-state index in [9.17, 15) is 4.79 Å². The predicted octanol–water partition coefficient (Wildman–Crippen LogP) is 3.46. The normalized spacial score (nSPS) is 16.9. The van der Waals surface area contributed by atoms with Crippen LogP contribution in [-0.4, -0.2) is 43.4 Å². The third-order valence-electron chi connectivity index (χ3n) is 4.76. The lowest BCUT2D eigenvalue weighted by Crippen LogP contribution is -2.29. The first-order chi connectivity index (χ1) is 12.1. The van der Waals surface area contributed by atoms with Crippen LogP contribution >= 0.6 is 12.4 Å². The molecular formula is C19H22ClN5O. The number of amides is 1. The van der Waals surface area contributed by atoms with Crippen LogP contribution in [0.1, 0.15) is 48.5 Å². The van der Waals surface area contributed by atoms with Gasteiger partial charge in [0.15, 0.2) is 0 Å². The van der Waals surface area contributed by atoms with E-state index in [-0.39, 0.29) is 24.2 Å². The van der Waals surface area contributed by atoms with Crippen LogP contribution in [-0.2, 0) is 0 Å². The van der Waals surface area contributed by atoms with Crippen molar-refractivity contribution in [3.63, 3.8) is 0 Å². The highest BCUT2D eigenvalue weighted by Crippen LogP contribution is 2.31. The fraction of sp³-hybridized carbons (Fsp3) is 0.368. The molecule has 4 rings (SSSR count). The second kappa shape index (κ2) is 7.41. The Kier molecular flexibility index (Phi) is 5.23. The second-order valence-electron chi connectivity index (χ2n) is 6.75. The lowest BCUT2D eigenvalue weighted by Gasteiger charge is -2.18. The van der Waals surface area contributed by atoms with Crippen LogP contribution in [0.3, 0.4) is 0 Å². The largest absolute Gasteiger partial charge is 0.337 e. The minimum atomic E-state index is -0.00280. The van der Waals surface area contributed by atoms with Crippen molar-refractivity contribution in [2.45, 2.75) is 32.2 Å². The van der Waals surface area contributed by atoms with Gasteiger partial charge in [0.05, 0.1) is 17.2 Å². The fourth-order valence-electron chi connectivity index (χ4n) is 3.60. The van der Waals surface area contributed by atoms with Crippen molar-refractivity contribution in [2.24, 2.45) is 0 Å². The molecule has 7 heteroatoms. The lowest BCUT2D eigenvalue weighted by molar-refractivity contribution is 0.0784. The molecule has 3 aromatic rings. The molecule has 1 aliphatic rings. The molecule has 4 heterocycles. The van der Waals surface area contributed by atoms with Crippen molar-refractivity contribution in [3.8, 4) is 0 Å². The number of rotatable bonds is 3. The van der Waals surface area contributed by atoms with Crippen LogP contribution in [0.2, 0.25) is 0 Å². The van der Waals surface area contributed by atoms with Gasteiger partial charge in [0.25, 0.3) is 5.91 Å². The number of imidazole rings is 1. The minimum absolute atomic E-state index is 0. The molecule has 0 aromatic carbocycles. The molecule has 0 bridgehead atoms. The maximum Gasteiger partial charge on any atom is 0.272 e. The SMILES string of the molecule is CC(C)n1c(C2CCN(C(=O)c3ccccn3)C2)nc2ccncc21.Cl. The number of nitrogens with zero attached hydrogens (tertiary/aromatic N) is 5. The zero-order valence-corrected chi connectivity index (χ0v) is 15.7. The molecule has 6 nitrogen and oxygen atoms in total. The summed E-state index contributed by atoms with van der Waals surface area (Å²) < 4.78 is 2.25. The second-order valence-corrected chi connectivity index (χ2v) is 6.75. The summed E-state index contributed by atoms with van der Waals surface area (Å²) in [7, 11) is 0. The Labute approximate surface area is 158 Å². The topological polar surface area (TPSA) is 63.9 Å². The van der Waals surface area contributed by atoms with Gasteiger partial charge in [-0.1, -0.05) is 6.07 Å². The van der Waals surface area contributed by atoms with E-state index in [0.29, 0.717) is 18.3 Å². The van der Waals surface area contributed by atoms with Crippen molar-refractivity contribution in [3.05, 3.63) is 54.4 Å². The molecule has 26 heavy (non-hydrogen) atoms. The van der Waals surface area contributed by atoms with Gasteiger partial charge >= 0.3 is 0 Å². The van der Waals surface area contributed by atoms with Crippen molar-refractivity contribution < 1.29 is 4.79 Å². The summed E-state index contributed by atoms with van der Waals surface area (Å²) in [5.74, 6) is 1.29. The molecule has 1 saturated heterocycles. The van der Waals surface area contributed by atoms with Gasteiger partial charge in [0.1, 0.15) is 11.5 Å². The zero-order valence-electron chi connectivity index (χ0n) is 14.9. The zero-order chi connectivity index (χ0) is 17.4. The lowest BCUT2D eigenvalue weighted by atomic mass is 10.1. The van der Waals surface area contributed by atoms with E-state index >= 15 is 0 Å². The average molecular weight is 372 g/mol. The van der Waals surface area contributed by atoms with Crippen molar-refractivity contribution in [2.75, 3.05) is 13.1 Å². The Morgan fingerprint density at radius 1 is 1.23 bits per heavy atom. The van der Waals surface area contributed by atoms with Crippen LogP contribution in [0, 0.1) is 0 Å². The number of pyridine rings is 2. The Morgan fingerprint density at radius 3 is 2.81 bits per heavy atom. The molecule has 1 atom stereocenters. The van der Waals surface area contributed by atoms with Crippen molar-refractivity contribution >= 4 is 29.3 Å². The van der Waals surface area contributed by atoms with E-state index in [4.69, 9.17) is 4.98 Å². The maximum atomic E-state index is 12.6. The molecule has 0 radical (unpaired) electrons. The number of carbonyl (C=O) groups excluding carboxylic acids is 1. The molecule has 1 amide bonds. The summed E-state index contributed by atoms with van der Waals surface area (Å²) in [5, 5.41) is 0. The molecule has 0 aliphatic carbocycles. The van der Waals surface area contributed by atoms with E-state index in [0.717, 1.165) is 29.8 Å². The van der Waals surface area contributed by atoms with Crippen molar-refractivity contribution in [1.29, 1.82) is 0 Å². The van der Waals surface area contributed by atoms with Crippen LogP contribution in [0.25, 0.3) is 11.0 Å². The number of aromatic nitrogens is 4. The predicted molar refractivity (Wildman–Crippen MR) is 103 cm³/mol. The van der Waals surface area contributed by atoms with E-state index in [1.807, 2.05) is 29.3 Å². The minimum Gasteiger partial charge on any atom is -0.337 e. The van der Waals surface area contributed by atoms with Gasteiger partial charge in [0, 0.05) is 37.4 Å². The summed E-state index contributed by atoms with van der Waals surface area (Å²) in [5.41, 5.74) is 2.53. The van der Waals surface area contributed by atoms with E-state index in [1.54, 1.807) is 18.5 Å². The number of carbonyl (C=O) groups is 1. The summed E-state index contributed by atoms with van der Waals surface area (Å²) in [4.78, 5) is 27.8. The Balaban J connectivity index is 0.00000196. The Bertz CT molecular complexity index is 909. The van der Waals surface area contributed by atoms with Gasteiger partial charge in [-0.3, -0.25) is 14.8 Å². The number of hydrogen-bond acceptors (Lipinski definition) is 4. The van der Waals surface area contributed by atoms with Crippen LogP contribution < -0.4 is 0 Å². The molecule has 1 aliphatic heterocycles. The van der Waals surface area contributed by atoms with Gasteiger partial charge in [-0.05, 0) is 38.5 Å². The highest BCUT2D eigenvalue weighted by atomic mass is 35.5. The van der Waals surface area contributed by atoms with Gasteiger partial charge in [-0.15, -0.1) is 12.4 Å². The number of fused-ring (bicyclic) bond motifs is 1. The molecular weight excluding hydrogens is 350 g/mol. The maximum absolute atomic E-state index is 12.6. The quantitative estimate of drug-likeness (QED) is 0.707. The fourth-order valence-corrected chi connectivity index (χ4v) is 3.60. The van der Waals surface area contributed by atoms with Crippen LogP contribution in [0.5, 0.6) is 0 Å². The summed E-state index contributed by atoms with van der Waals surface area (Å²) >= 11 is 0. The highest BCUT2D eigenvalue weighted by molar-refractivity contribution is 5.92. The molecule has 0 N–H and O–H groups in total. The van der Waals surface area contributed by atoms with Gasteiger partial charge in [-0.25, -0.2) is 4.98 Å². The Morgan fingerprint density at radius 2 is 2.08 bits per heavy atom. The van der Waals surface area contributed by atoms with E-state index in [1.165, 1.54) is 0 Å². The van der Waals surface area contributed by atoms with Gasteiger partial charge in [0.2, 0.25) is 0 Å². The van der Waals surface area contributed by atoms with Crippen molar-refractivity contribution in [1.82, 2.24) is 24.4 Å². The first kappa shape index (κ1) is 18.3. The number of hydrogen-bond donors (Lipinski definition) is 0. The van der Waals surface area contributed by atoms with E-state index in [2.05, 4.69) is 28.4 Å². The average Bonchev–Trinajstić information content (AvgIpc) is 3.26. The van der Waals surface area contributed by atoms with Gasteiger partial charge < -0.3 is 9.47 Å². The summed E-state index contributed by atoms with van der Waals surface area (Å²) in [6, 6.07) is 7.68. The molecule has 136 valence electrons.